The number of para-hydroxylation sites is 1. The summed E-state index contributed by atoms with van der Waals surface area (Å²) in [5.41, 5.74) is 6.87. The van der Waals surface area contributed by atoms with E-state index in [-0.39, 0.29) is 5.91 Å². The average Bonchev–Trinajstić information content (AvgIpc) is 3.13. The summed E-state index contributed by atoms with van der Waals surface area (Å²) in [5, 5.41) is 5.88. The number of aryl methyl sites for hydroxylation is 3. The van der Waals surface area contributed by atoms with Gasteiger partial charge in [-0.15, -0.1) is 0 Å². The summed E-state index contributed by atoms with van der Waals surface area (Å²) in [7, 11) is 0. The first kappa shape index (κ1) is 25.7. The van der Waals surface area contributed by atoms with Crippen molar-refractivity contribution >= 4 is 22.8 Å². The van der Waals surface area contributed by atoms with Crippen molar-refractivity contribution in [3.63, 3.8) is 0 Å². The predicted octanol–water partition coefficient (Wildman–Crippen LogP) is 5.68. The number of hydrogen-bond acceptors (Lipinski definition) is 5. The Morgan fingerprint density at radius 3 is 2.33 bits per heavy atom. The number of rotatable bonds is 5. The first-order valence-electron chi connectivity index (χ1n) is 13.9. The molecule has 2 aromatic heterocycles. The van der Waals surface area contributed by atoms with E-state index in [1.165, 1.54) is 11.1 Å². The van der Waals surface area contributed by atoms with Crippen LogP contribution < -0.4 is 4.90 Å². The van der Waals surface area contributed by atoms with E-state index in [2.05, 4.69) is 36.1 Å². The highest BCUT2D eigenvalue weighted by molar-refractivity contribution is 5.96. The van der Waals surface area contributed by atoms with Crippen LogP contribution in [0.2, 0.25) is 0 Å². The molecule has 0 N–H and O–H groups in total. The minimum absolute atomic E-state index is 0.0981. The molecule has 0 atom stereocenters. The Morgan fingerprint density at radius 1 is 0.800 bits per heavy atom. The molecule has 1 amide bonds. The lowest BCUT2D eigenvalue weighted by molar-refractivity contribution is 0.0766. The minimum Gasteiger partial charge on any atom is -0.354 e. The molecule has 1 saturated heterocycles. The third-order valence-electron chi connectivity index (χ3n) is 7.67. The first-order valence-corrected chi connectivity index (χ1v) is 13.9. The smallest absolute Gasteiger partial charge is 0.254 e. The molecule has 5 aromatic rings. The second-order valence-electron chi connectivity index (χ2n) is 10.6. The Hall–Kier alpha value is -4.52. The number of amides is 1. The summed E-state index contributed by atoms with van der Waals surface area (Å²) in [6.45, 7) is 8.98. The molecule has 0 radical (unpaired) electrons. The Labute approximate surface area is 235 Å². The fourth-order valence-electron chi connectivity index (χ4n) is 5.47. The Balaban J connectivity index is 1.38. The summed E-state index contributed by atoms with van der Waals surface area (Å²) in [4.78, 5) is 27.9. The molecule has 202 valence electrons. The average molecular weight is 531 g/mol. The van der Waals surface area contributed by atoms with Gasteiger partial charge in [0.1, 0.15) is 11.6 Å². The molecule has 0 unspecified atom stereocenters. The molecule has 1 fully saturated rings. The van der Waals surface area contributed by atoms with Crippen molar-refractivity contribution < 1.29 is 4.79 Å². The van der Waals surface area contributed by atoms with Gasteiger partial charge in [-0.1, -0.05) is 66.2 Å². The van der Waals surface area contributed by atoms with Crippen LogP contribution in [0.1, 0.15) is 45.0 Å². The van der Waals surface area contributed by atoms with E-state index in [9.17, 15) is 4.79 Å². The van der Waals surface area contributed by atoms with Crippen molar-refractivity contribution in [3.05, 3.63) is 113 Å². The number of benzene rings is 3. The van der Waals surface area contributed by atoms with Gasteiger partial charge in [-0.05, 0) is 56.5 Å². The number of nitrogens with zero attached hydrogens (tertiary/aromatic N) is 6. The van der Waals surface area contributed by atoms with Gasteiger partial charge in [-0.2, -0.15) is 5.10 Å². The monoisotopic (exact) mass is 530 g/mol. The van der Waals surface area contributed by atoms with Gasteiger partial charge in [0, 0.05) is 38.2 Å². The molecule has 3 aromatic carbocycles. The van der Waals surface area contributed by atoms with E-state index in [1.54, 1.807) is 0 Å². The van der Waals surface area contributed by atoms with Crippen molar-refractivity contribution in [2.75, 3.05) is 31.1 Å². The predicted molar refractivity (Wildman–Crippen MR) is 159 cm³/mol. The van der Waals surface area contributed by atoms with E-state index in [1.807, 2.05) is 78.0 Å². The second-order valence-corrected chi connectivity index (χ2v) is 10.6. The summed E-state index contributed by atoms with van der Waals surface area (Å²) >= 11 is 0. The summed E-state index contributed by atoms with van der Waals surface area (Å²) in [6, 6.07) is 26.5. The van der Waals surface area contributed by atoms with Gasteiger partial charge >= 0.3 is 0 Å². The van der Waals surface area contributed by atoms with Crippen LogP contribution in [-0.2, 0) is 6.42 Å². The van der Waals surface area contributed by atoms with Gasteiger partial charge in [-0.25, -0.2) is 14.6 Å². The Kier molecular flexibility index (Phi) is 7.03. The molecule has 40 heavy (non-hydrogen) atoms. The quantitative estimate of drug-likeness (QED) is 0.292. The molecule has 7 nitrogen and oxygen atoms in total. The van der Waals surface area contributed by atoms with E-state index in [0.29, 0.717) is 19.5 Å². The van der Waals surface area contributed by atoms with E-state index >= 15 is 0 Å². The summed E-state index contributed by atoms with van der Waals surface area (Å²) < 4.78 is 1.93. The highest BCUT2D eigenvalue weighted by Gasteiger charge is 2.26. The van der Waals surface area contributed by atoms with Gasteiger partial charge in [0.15, 0.2) is 5.65 Å². The highest BCUT2D eigenvalue weighted by atomic mass is 16.2. The second kappa shape index (κ2) is 10.9. The number of hydrogen-bond donors (Lipinski definition) is 0. The standard InChI is InChI=1S/C33H34N6O/c1-23-14-16-26(17-15-23)22-29-34-31(30-25(3)36-39(32(30)35-29)27-11-5-4-6-12-27)37-18-9-19-38(21-20-37)33(40)28-13-8-7-10-24(28)2/h4-8,10-17H,9,18-22H2,1-3H3. The molecule has 0 bridgehead atoms. The van der Waals surface area contributed by atoms with Gasteiger partial charge in [0.05, 0.1) is 16.8 Å². The van der Waals surface area contributed by atoms with Gasteiger partial charge in [-0.3, -0.25) is 4.79 Å². The first-order chi connectivity index (χ1) is 19.5. The van der Waals surface area contributed by atoms with Crippen LogP contribution in [0.4, 0.5) is 5.82 Å². The fraction of sp³-hybridized carbons (Fsp3) is 0.273. The number of carbonyl (C=O) groups excluding carboxylic acids is 1. The van der Waals surface area contributed by atoms with Gasteiger partial charge < -0.3 is 9.80 Å². The van der Waals surface area contributed by atoms with Gasteiger partial charge in [0.25, 0.3) is 5.91 Å². The number of anilines is 1. The number of carbonyl (C=O) groups is 1. The molecule has 0 saturated carbocycles. The Bertz CT molecular complexity index is 1660. The molecule has 0 aliphatic carbocycles. The van der Waals surface area contributed by atoms with E-state index in [4.69, 9.17) is 15.1 Å². The van der Waals surface area contributed by atoms with Crippen molar-refractivity contribution in [2.45, 2.75) is 33.6 Å². The molecule has 1 aliphatic rings. The number of aromatic nitrogens is 4. The van der Waals surface area contributed by atoms with Crippen LogP contribution in [0.15, 0.2) is 78.9 Å². The van der Waals surface area contributed by atoms with Crippen molar-refractivity contribution in [3.8, 4) is 5.69 Å². The van der Waals surface area contributed by atoms with Crippen molar-refractivity contribution in [1.29, 1.82) is 0 Å². The maximum absolute atomic E-state index is 13.4. The lowest BCUT2D eigenvalue weighted by Crippen LogP contribution is -2.35. The zero-order chi connectivity index (χ0) is 27.6. The summed E-state index contributed by atoms with van der Waals surface area (Å²) in [5.74, 6) is 1.76. The third-order valence-corrected chi connectivity index (χ3v) is 7.67. The largest absolute Gasteiger partial charge is 0.354 e. The topological polar surface area (TPSA) is 67.2 Å². The SMILES string of the molecule is Cc1ccc(Cc2nc(N3CCCN(C(=O)c4ccccc4C)CC3)c3c(C)nn(-c4ccccc4)c3n2)cc1. The maximum atomic E-state index is 13.4. The Morgan fingerprint density at radius 2 is 1.55 bits per heavy atom. The van der Waals surface area contributed by atoms with Crippen LogP contribution in [0.3, 0.4) is 0 Å². The van der Waals surface area contributed by atoms with Crippen molar-refractivity contribution in [1.82, 2.24) is 24.6 Å². The minimum atomic E-state index is 0.0981. The normalized spacial score (nSPS) is 14.0. The van der Waals surface area contributed by atoms with Gasteiger partial charge in [0.2, 0.25) is 0 Å². The molecule has 1 aliphatic heterocycles. The summed E-state index contributed by atoms with van der Waals surface area (Å²) in [6.07, 6.45) is 1.50. The molecule has 6 rings (SSSR count). The lowest BCUT2D eigenvalue weighted by atomic mass is 10.1. The zero-order valence-electron chi connectivity index (χ0n) is 23.3. The number of fused-ring (bicyclic) bond motifs is 1. The van der Waals surface area contributed by atoms with Crippen LogP contribution in [0.5, 0.6) is 0 Å². The van der Waals surface area contributed by atoms with Crippen molar-refractivity contribution in [2.24, 2.45) is 0 Å². The molecule has 3 heterocycles. The van der Waals surface area contributed by atoms with E-state index in [0.717, 1.165) is 64.7 Å². The van der Waals surface area contributed by atoms with Crippen LogP contribution in [0.25, 0.3) is 16.7 Å². The third kappa shape index (κ3) is 5.07. The molecular weight excluding hydrogens is 496 g/mol. The molecular formula is C33H34N6O. The molecule has 7 heteroatoms. The van der Waals surface area contributed by atoms with Crippen LogP contribution >= 0.6 is 0 Å². The highest BCUT2D eigenvalue weighted by Crippen LogP contribution is 2.30. The van der Waals surface area contributed by atoms with Crippen LogP contribution in [0, 0.1) is 20.8 Å². The maximum Gasteiger partial charge on any atom is 0.254 e. The van der Waals surface area contributed by atoms with Crippen LogP contribution in [-0.4, -0.2) is 56.7 Å². The zero-order valence-corrected chi connectivity index (χ0v) is 23.3. The lowest BCUT2D eigenvalue weighted by Gasteiger charge is -2.24. The fourth-order valence-corrected chi connectivity index (χ4v) is 5.47. The van der Waals surface area contributed by atoms with E-state index < -0.39 is 0 Å². The molecule has 0 spiro atoms.